The van der Waals surface area contributed by atoms with Crippen molar-refractivity contribution >= 4 is 11.9 Å². The first-order valence-corrected chi connectivity index (χ1v) is 12.3. The van der Waals surface area contributed by atoms with Crippen LogP contribution in [0.4, 0.5) is 4.79 Å². The summed E-state index contributed by atoms with van der Waals surface area (Å²) in [5.41, 5.74) is 0.0777. The molecule has 6 nitrogen and oxygen atoms in total. The van der Waals surface area contributed by atoms with Gasteiger partial charge in [-0.1, -0.05) is 40.0 Å². The zero-order valence-corrected chi connectivity index (χ0v) is 19.4. The van der Waals surface area contributed by atoms with Crippen LogP contribution in [-0.2, 0) is 4.79 Å². The minimum Gasteiger partial charge on any atom is -0.392 e. The Labute approximate surface area is 182 Å². The minimum atomic E-state index is -0.510. The Morgan fingerprint density at radius 2 is 1.73 bits per heavy atom. The van der Waals surface area contributed by atoms with Gasteiger partial charge in [0.15, 0.2) is 0 Å². The second kappa shape index (κ2) is 9.88. The molecule has 4 N–H and O–H groups in total. The highest BCUT2D eigenvalue weighted by molar-refractivity contribution is 5.79. The van der Waals surface area contributed by atoms with E-state index in [9.17, 15) is 14.7 Å². The number of aliphatic hydroxyl groups is 1. The van der Waals surface area contributed by atoms with Gasteiger partial charge in [0, 0.05) is 24.5 Å². The van der Waals surface area contributed by atoms with E-state index in [1.165, 1.54) is 19.3 Å². The van der Waals surface area contributed by atoms with Crippen molar-refractivity contribution in [2.75, 3.05) is 6.54 Å². The second-order valence-electron chi connectivity index (χ2n) is 10.5. The Balaban J connectivity index is 1.66. The Morgan fingerprint density at radius 3 is 2.40 bits per heavy atom. The third kappa shape index (κ3) is 4.95. The van der Waals surface area contributed by atoms with Crippen molar-refractivity contribution in [3.05, 3.63) is 0 Å². The Hall–Kier alpha value is -1.30. The van der Waals surface area contributed by atoms with Crippen LogP contribution in [0.25, 0.3) is 0 Å². The fourth-order valence-corrected chi connectivity index (χ4v) is 6.65. The van der Waals surface area contributed by atoms with Gasteiger partial charge in [0.1, 0.15) is 0 Å². The Morgan fingerprint density at radius 1 is 1.07 bits per heavy atom. The smallest absolute Gasteiger partial charge is 0.315 e. The van der Waals surface area contributed by atoms with E-state index in [1.807, 2.05) is 13.8 Å². The summed E-state index contributed by atoms with van der Waals surface area (Å²) >= 11 is 0. The number of amides is 3. The van der Waals surface area contributed by atoms with E-state index in [0.29, 0.717) is 12.6 Å². The van der Waals surface area contributed by atoms with Crippen LogP contribution in [-0.4, -0.2) is 41.8 Å². The molecule has 0 aromatic heterocycles. The summed E-state index contributed by atoms with van der Waals surface area (Å²) in [6.07, 6.45) is 9.20. The highest BCUT2D eigenvalue weighted by Gasteiger charge is 2.53. The molecule has 30 heavy (non-hydrogen) atoms. The maximum Gasteiger partial charge on any atom is 0.315 e. The molecule has 0 radical (unpaired) electrons. The van der Waals surface area contributed by atoms with Crippen molar-refractivity contribution in [3.8, 4) is 0 Å². The van der Waals surface area contributed by atoms with Crippen LogP contribution < -0.4 is 16.0 Å². The molecule has 0 aromatic rings. The topological polar surface area (TPSA) is 90.5 Å². The van der Waals surface area contributed by atoms with Gasteiger partial charge in [-0.2, -0.15) is 0 Å². The number of urea groups is 1. The third-order valence-corrected chi connectivity index (χ3v) is 8.55. The summed E-state index contributed by atoms with van der Waals surface area (Å²) in [5, 5.41) is 20.7. The Bertz CT molecular complexity index is 607. The van der Waals surface area contributed by atoms with Crippen LogP contribution in [0.2, 0.25) is 0 Å². The number of nitrogens with one attached hydrogen (secondary N) is 3. The van der Waals surface area contributed by atoms with Crippen molar-refractivity contribution in [3.63, 3.8) is 0 Å². The lowest BCUT2D eigenvalue weighted by atomic mass is 9.51. The molecule has 0 spiro atoms. The molecule has 3 aliphatic carbocycles. The number of carbonyl (C=O) groups is 2. The zero-order valence-electron chi connectivity index (χ0n) is 19.4. The number of carbonyl (C=O) groups excluding carboxylic acids is 2. The monoisotopic (exact) mass is 421 g/mol. The van der Waals surface area contributed by atoms with Crippen LogP contribution >= 0.6 is 0 Å². The molecule has 3 saturated carbocycles. The highest BCUT2D eigenvalue weighted by atomic mass is 16.3. The van der Waals surface area contributed by atoms with E-state index < -0.39 is 6.10 Å². The molecule has 172 valence electrons. The average Bonchev–Trinajstić information content (AvgIpc) is 2.71. The van der Waals surface area contributed by atoms with Crippen molar-refractivity contribution < 1.29 is 14.7 Å². The first kappa shape index (κ1) is 23.4. The number of hydrogen-bond acceptors (Lipinski definition) is 3. The van der Waals surface area contributed by atoms with Crippen LogP contribution in [0.15, 0.2) is 0 Å². The molecule has 3 rings (SSSR count). The molecule has 3 amide bonds. The molecule has 0 aliphatic heterocycles. The lowest BCUT2D eigenvalue weighted by Gasteiger charge is -2.56. The fraction of sp³-hybridized carbons (Fsp3) is 0.917. The van der Waals surface area contributed by atoms with Crippen molar-refractivity contribution in [1.82, 2.24) is 16.0 Å². The number of rotatable bonds is 5. The molecule has 3 fully saturated rings. The molecule has 3 aliphatic rings. The standard InChI is InChI=1S/C24H43N3O3/c1-5-25-23(30)27-19-12-14-24(4)13-11-18(21(28)20(24)16(19)3)15(2)22(29)26-17-9-7-6-8-10-17/h15-21,28H,5-14H2,1-4H3,(H,26,29)(H2,25,27,30)/t15-,16+,18+,19-,20+,21-,24-/m0/s1. The van der Waals surface area contributed by atoms with Crippen LogP contribution in [0.1, 0.15) is 85.5 Å². The predicted octanol–water partition coefficient (Wildman–Crippen LogP) is 3.58. The van der Waals surface area contributed by atoms with Crippen molar-refractivity contribution in [1.29, 1.82) is 0 Å². The first-order valence-electron chi connectivity index (χ1n) is 12.3. The summed E-state index contributed by atoms with van der Waals surface area (Å²) in [4.78, 5) is 25.1. The van der Waals surface area contributed by atoms with Gasteiger partial charge in [0.05, 0.1) is 6.10 Å². The molecule has 0 unspecified atom stereocenters. The Kier molecular flexibility index (Phi) is 7.70. The van der Waals surface area contributed by atoms with Gasteiger partial charge in [0.25, 0.3) is 0 Å². The van der Waals surface area contributed by atoms with E-state index in [0.717, 1.165) is 38.5 Å². The maximum atomic E-state index is 13.0. The van der Waals surface area contributed by atoms with Crippen LogP contribution in [0.5, 0.6) is 0 Å². The average molecular weight is 422 g/mol. The van der Waals surface area contributed by atoms with Gasteiger partial charge in [-0.25, -0.2) is 4.79 Å². The zero-order chi connectivity index (χ0) is 21.9. The van der Waals surface area contributed by atoms with E-state index in [4.69, 9.17) is 0 Å². The van der Waals surface area contributed by atoms with E-state index in [-0.39, 0.29) is 47.1 Å². The van der Waals surface area contributed by atoms with Gasteiger partial charge in [-0.3, -0.25) is 4.79 Å². The van der Waals surface area contributed by atoms with Gasteiger partial charge >= 0.3 is 6.03 Å². The molecule has 0 heterocycles. The SMILES string of the molecule is CCNC(=O)N[C@H]1CC[C@]2(C)CC[C@H]([C@H](C)C(=O)NC3CCCCC3)[C@H](O)[C@H]2[C@@H]1C. The summed E-state index contributed by atoms with van der Waals surface area (Å²) in [5.74, 6) is 0.183. The normalized spacial score (nSPS) is 38.2. The van der Waals surface area contributed by atoms with Crippen molar-refractivity contribution in [2.24, 2.45) is 29.1 Å². The molecule has 6 heteroatoms. The number of hydrogen-bond donors (Lipinski definition) is 4. The molecule has 0 saturated heterocycles. The van der Waals surface area contributed by atoms with Gasteiger partial charge in [-0.15, -0.1) is 0 Å². The van der Waals surface area contributed by atoms with Crippen LogP contribution in [0, 0.1) is 29.1 Å². The van der Waals surface area contributed by atoms with Gasteiger partial charge in [-0.05, 0) is 68.6 Å². The van der Waals surface area contributed by atoms with Gasteiger partial charge < -0.3 is 21.1 Å². The van der Waals surface area contributed by atoms with E-state index in [2.05, 4.69) is 29.8 Å². The predicted molar refractivity (Wildman–Crippen MR) is 119 cm³/mol. The lowest BCUT2D eigenvalue weighted by molar-refractivity contribution is -0.142. The molecular formula is C24H43N3O3. The summed E-state index contributed by atoms with van der Waals surface area (Å²) in [6.45, 7) is 8.97. The minimum absolute atomic E-state index is 0.0164. The molecule has 0 aromatic carbocycles. The summed E-state index contributed by atoms with van der Waals surface area (Å²) in [7, 11) is 0. The van der Waals surface area contributed by atoms with E-state index in [1.54, 1.807) is 0 Å². The fourth-order valence-electron chi connectivity index (χ4n) is 6.65. The first-order chi connectivity index (χ1) is 14.3. The van der Waals surface area contributed by atoms with Crippen LogP contribution in [0.3, 0.4) is 0 Å². The van der Waals surface area contributed by atoms with Crippen molar-refractivity contribution in [2.45, 2.75) is 104 Å². The molecular weight excluding hydrogens is 378 g/mol. The lowest BCUT2D eigenvalue weighted by Crippen LogP contribution is -2.59. The summed E-state index contributed by atoms with van der Waals surface area (Å²) in [6, 6.07) is 0.244. The van der Waals surface area contributed by atoms with E-state index >= 15 is 0 Å². The quantitative estimate of drug-likeness (QED) is 0.547. The summed E-state index contributed by atoms with van der Waals surface area (Å²) < 4.78 is 0. The maximum absolute atomic E-state index is 13.0. The second-order valence-corrected chi connectivity index (χ2v) is 10.5. The molecule has 7 atom stereocenters. The highest BCUT2D eigenvalue weighted by Crippen LogP contribution is 2.55. The largest absolute Gasteiger partial charge is 0.392 e. The number of fused-ring (bicyclic) bond motifs is 1. The van der Waals surface area contributed by atoms with Gasteiger partial charge in [0.2, 0.25) is 5.91 Å². The molecule has 0 bridgehead atoms. The number of aliphatic hydroxyl groups excluding tert-OH is 1. The third-order valence-electron chi connectivity index (χ3n) is 8.55.